The first-order valence-corrected chi connectivity index (χ1v) is 12.6. The Hall–Kier alpha value is -3.29. The maximum Gasteiger partial charge on any atom is 0.338 e. The number of sulfonamides is 1. The summed E-state index contributed by atoms with van der Waals surface area (Å²) in [6.45, 7) is 6.02. The van der Waals surface area contributed by atoms with E-state index in [-0.39, 0.29) is 22.8 Å². The topological polar surface area (TPSA) is 80.8 Å². The second-order valence-corrected chi connectivity index (χ2v) is 10.6. The Labute approximate surface area is 200 Å². The average Bonchev–Trinajstić information content (AvgIpc) is 2.81. The van der Waals surface area contributed by atoms with Crippen molar-refractivity contribution >= 4 is 21.8 Å². The summed E-state index contributed by atoms with van der Waals surface area (Å²) in [4.78, 5) is 25.2. The number of hydrogen-bond donors (Lipinski definition) is 0. The molecule has 0 atom stereocenters. The number of esters is 1. The van der Waals surface area contributed by atoms with Gasteiger partial charge in [-0.25, -0.2) is 13.2 Å². The Kier molecular flexibility index (Phi) is 6.68. The molecule has 1 aliphatic rings. The number of nitrogens with zero attached hydrogens (tertiary/aromatic N) is 1. The Bertz CT molecular complexity index is 1340. The number of carbonyl (C=O) groups is 2. The molecule has 0 bridgehead atoms. The van der Waals surface area contributed by atoms with Gasteiger partial charge >= 0.3 is 5.97 Å². The second kappa shape index (κ2) is 9.52. The highest BCUT2D eigenvalue weighted by atomic mass is 32.2. The van der Waals surface area contributed by atoms with E-state index >= 15 is 0 Å². The van der Waals surface area contributed by atoms with Crippen LogP contribution in [0.15, 0.2) is 65.6 Å². The summed E-state index contributed by atoms with van der Waals surface area (Å²) in [6.07, 6.45) is 0.660. The van der Waals surface area contributed by atoms with Gasteiger partial charge in [-0.1, -0.05) is 42.0 Å². The van der Waals surface area contributed by atoms with Crippen LogP contribution in [0.4, 0.5) is 0 Å². The predicted molar refractivity (Wildman–Crippen MR) is 129 cm³/mol. The molecule has 4 rings (SSSR count). The fourth-order valence-electron chi connectivity index (χ4n) is 4.49. The minimum Gasteiger partial charge on any atom is -0.454 e. The molecule has 0 aliphatic carbocycles. The van der Waals surface area contributed by atoms with Gasteiger partial charge < -0.3 is 4.74 Å². The molecule has 0 unspecified atom stereocenters. The van der Waals surface area contributed by atoms with Gasteiger partial charge in [-0.15, -0.1) is 0 Å². The molecule has 3 aromatic rings. The monoisotopic (exact) mass is 477 g/mol. The summed E-state index contributed by atoms with van der Waals surface area (Å²) in [5.41, 5.74) is 5.66. The number of ether oxygens (including phenoxy) is 1. The van der Waals surface area contributed by atoms with Crippen LogP contribution in [0.5, 0.6) is 0 Å². The van der Waals surface area contributed by atoms with Crippen LogP contribution < -0.4 is 0 Å². The van der Waals surface area contributed by atoms with Gasteiger partial charge in [0.25, 0.3) is 0 Å². The summed E-state index contributed by atoms with van der Waals surface area (Å²) in [7, 11) is -3.69. The quantitative estimate of drug-likeness (QED) is 0.388. The highest BCUT2D eigenvalue weighted by molar-refractivity contribution is 7.89. The normalized spacial score (nSPS) is 13.9. The third-order valence-corrected chi connectivity index (χ3v) is 7.97. The first kappa shape index (κ1) is 23.9. The zero-order valence-corrected chi connectivity index (χ0v) is 20.3. The Morgan fingerprint density at radius 2 is 1.53 bits per heavy atom. The molecule has 0 saturated heterocycles. The van der Waals surface area contributed by atoms with Crippen LogP contribution in [0.1, 0.15) is 48.5 Å². The molecule has 1 aliphatic heterocycles. The molecular weight excluding hydrogens is 450 g/mol. The number of benzene rings is 3. The van der Waals surface area contributed by atoms with Crippen molar-refractivity contribution < 1.29 is 22.7 Å². The van der Waals surface area contributed by atoms with Gasteiger partial charge in [0, 0.05) is 18.7 Å². The van der Waals surface area contributed by atoms with Crippen LogP contribution in [0.2, 0.25) is 0 Å². The summed E-state index contributed by atoms with van der Waals surface area (Å²) < 4.78 is 32.9. The molecule has 0 N–H and O–H groups in total. The molecule has 6 nitrogen and oxygen atoms in total. The highest BCUT2D eigenvalue weighted by Crippen LogP contribution is 2.25. The second-order valence-electron chi connectivity index (χ2n) is 8.65. The lowest BCUT2D eigenvalue weighted by Crippen LogP contribution is -2.35. The van der Waals surface area contributed by atoms with E-state index in [1.54, 1.807) is 0 Å². The molecule has 0 fully saturated rings. The fourth-order valence-corrected chi connectivity index (χ4v) is 5.91. The minimum absolute atomic E-state index is 0.116. The van der Waals surface area contributed by atoms with E-state index in [9.17, 15) is 18.0 Å². The zero-order chi connectivity index (χ0) is 24.5. The van der Waals surface area contributed by atoms with Crippen LogP contribution in [-0.4, -0.2) is 37.6 Å². The number of rotatable bonds is 6. The van der Waals surface area contributed by atoms with Gasteiger partial charge in [-0.3, -0.25) is 4.79 Å². The van der Waals surface area contributed by atoms with E-state index < -0.39 is 16.0 Å². The molecule has 3 aromatic carbocycles. The molecule has 0 spiro atoms. The minimum atomic E-state index is -3.69. The predicted octanol–water partition coefficient (Wildman–Crippen LogP) is 4.40. The molecule has 0 aromatic heterocycles. The number of hydrogen-bond acceptors (Lipinski definition) is 5. The van der Waals surface area contributed by atoms with Gasteiger partial charge in [0.15, 0.2) is 6.61 Å². The van der Waals surface area contributed by atoms with E-state index in [4.69, 9.17) is 4.74 Å². The molecule has 0 amide bonds. The largest absolute Gasteiger partial charge is 0.454 e. The van der Waals surface area contributed by atoms with Crippen LogP contribution in [-0.2, 0) is 27.7 Å². The summed E-state index contributed by atoms with van der Waals surface area (Å²) in [6, 6.07) is 17.3. The first-order chi connectivity index (χ1) is 16.2. The Morgan fingerprint density at radius 3 is 2.18 bits per heavy atom. The van der Waals surface area contributed by atoms with Crippen molar-refractivity contribution in [2.75, 3.05) is 13.2 Å². The number of aryl methyl sites for hydroxylation is 3. The van der Waals surface area contributed by atoms with Gasteiger partial charge in [-0.2, -0.15) is 4.31 Å². The van der Waals surface area contributed by atoms with Gasteiger partial charge in [0.1, 0.15) is 0 Å². The zero-order valence-electron chi connectivity index (χ0n) is 19.5. The standard InChI is InChI=1S/C27H27NO5S/c1-18-14-19(2)26(20(3)15-18)25(29)17-33-27(30)22-8-10-24(11-9-22)34(31,32)28-13-12-21-6-4-5-7-23(21)16-28/h4-11,14-15H,12-13,16-17H2,1-3H3. The SMILES string of the molecule is Cc1cc(C)c(C(=O)COC(=O)c2ccc(S(=O)(=O)N3CCc4ccccc4C3)cc2)c(C)c1. The molecule has 176 valence electrons. The smallest absolute Gasteiger partial charge is 0.338 e. The third-order valence-electron chi connectivity index (χ3n) is 6.11. The molecule has 7 heteroatoms. The van der Waals surface area contributed by atoms with Crippen molar-refractivity contribution in [2.45, 2.75) is 38.6 Å². The van der Waals surface area contributed by atoms with E-state index in [0.717, 1.165) is 27.8 Å². The van der Waals surface area contributed by atoms with Crippen LogP contribution in [0, 0.1) is 20.8 Å². The third kappa shape index (κ3) is 4.81. The summed E-state index contributed by atoms with van der Waals surface area (Å²) in [5, 5.41) is 0. The van der Waals surface area contributed by atoms with Crippen molar-refractivity contribution in [2.24, 2.45) is 0 Å². The molecule has 0 radical (unpaired) electrons. The van der Waals surface area contributed by atoms with Crippen LogP contribution in [0.25, 0.3) is 0 Å². The molecule has 0 saturated carbocycles. The van der Waals surface area contributed by atoms with Crippen molar-refractivity contribution in [3.05, 3.63) is 99.6 Å². The van der Waals surface area contributed by atoms with E-state index in [0.29, 0.717) is 25.1 Å². The van der Waals surface area contributed by atoms with Crippen molar-refractivity contribution in [1.82, 2.24) is 4.31 Å². The number of carbonyl (C=O) groups excluding carboxylic acids is 2. The van der Waals surface area contributed by atoms with E-state index in [1.165, 1.54) is 28.6 Å². The van der Waals surface area contributed by atoms with Crippen LogP contribution >= 0.6 is 0 Å². The summed E-state index contributed by atoms with van der Waals surface area (Å²) >= 11 is 0. The van der Waals surface area contributed by atoms with Crippen molar-refractivity contribution in [3.8, 4) is 0 Å². The van der Waals surface area contributed by atoms with Gasteiger partial charge in [-0.05, 0) is 73.7 Å². The van der Waals surface area contributed by atoms with Gasteiger partial charge in [0.05, 0.1) is 10.5 Å². The van der Waals surface area contributed by atoms with E-state index in [2.05, 4.69) is 0 Å². The fraction of sp³-hybridized carbons (Fsp3) is 0.259. The molecular formula is C27H27NO5S. The Balaban J connectivity index is 1.42. The van der Waals surface area contributed by atoms with Gasteiger partial charge in [0.2, 0.25) is 15.8 Å². The number of Topliss-reactive ketones (excluding diaryl/α,β-unsaturated/α-hetero) is 1. The highest BCUT2D eigenvalue weighted by Gasteiger charge is 2.28. The molecule has 34 heavy (non-hydrogen) atoms. The first-order valence-electron chi connectivity index (χ1n) is 11.1. The lowest BCUT2D eigenvalue weighted by molar-refractivity contribution is 0.0474. The van der Waals surface area contributed by atoms with Crippen molar-refractivity contribution in [1.29, 1.82) is 0 Å². The van der Waals surface area contributed by atoms with E-state index in [1.807, 2.05) is 57.2 Å². The summed E-state index contributed by atoms with van der Waals surface area (Å²) in [5.74, 6) is -0.945. The molecule has 1 heterocycles. The lowest BCUT2D eigenvalue weighted by atomic mass is 9.97. The number of ketones is 1. The lowest BCUT2D eigenvalue weighted by Gasteiger charge is -2.28. The maximum absolute atomic E-state index is 13.1. The average molecular weight is 478 g/mol. The Morgan fingerprint density at radius 1 is 0.912 bits per heavy atom. The number of fused-ring (bicyclic) bond motifs is 1. The maximum atomic E-state index is 13.1. The van der Waals surface area contributed by atoms with Crippen LogP contribution in [0.3, 0.4) is 0 Å². The van der Waals surface area contributed by atoms with Crippen molar-refractivity contribution in [3.63, 3.8) is 0 Å².